The molecule has 0 atom stereocenters. The van der Waals surface area contributed by atoms with Gasteiger partial charge in [-0.1, -0.05) is 42.5 Å². The fraction of sp³-hybridized carbons (Fsp3) is 0. The molecule has 3 rings (SSSR count). The maximum absolute atomic E-state index is 11.3. The van der Waals surface area contributed by atoms with E-state index in [1.807, 2.05) is 30.3 Å². The van der Waals surface area contributed by atoms with Gasteiger partial charge in [-0.2, -0.15) is 8.42 Å². The number of rotatable bonds is 2. The summed E-state index contributed by atoms with van der Waals surface area (Å²) in [5.41, 5.74) is 1.37. The van der Waals surface area contributed by atoms with Gasteiger partial charge in [0.05, 0.1) is 5.36 Å². The van der Waals surface area contributed by atoms with Crippen LogP contribution in [0, 0.1) is 0 Å². The van der Waals surface area contributed by atoms with E-state index in [0.29, 0.717) is 16.7 Å². The number of hydrogen-bond acceptors (Lipinski definition) is 3. The molecule has 4 nitrogen and oxygen atoms in total. The first-order valence-electron chi connectivity index (χ1n) is 6.12. The van der Waals surface area contributed by atoms with E-state index >= 15 is 0 Å². The van der Waals surface area contributed by atoms with Crippen molar-refractivity contribution in [3.05, 3.63) is 66.0 Å². The molecule has 106 valence electrons. The molecule has 1 aromatic heterocycles. The van der Waals surface area contributed by atoms with Crippen LogP contribution in [-0.4, -0.2) is 8.42 Å². The van der Waals surface area contributed by atoms with Crippen LogP contribution in [0.4, 0.5) is 0 Å². The maximum Gasteiger partial charge on any atom is 0.340 e. The minimum absolute atomic E-state index is 0.255. The molecule has 0 bridgehead atoms. The molecule has 0 spiro atoms. The molecule has 2 aromatic carbocycles. The van der Waals surface area contributed by atoms with Crippen LogP contribution in [-0.2, 0) is 9.24 Å². The van der Waals surface area contributed by atoms with Crippen molar-refractivity contribution in [3.63, 3.8) is 0 Å². The Morgan fingerprint density at radius 3 is 2.33 bits per heavy atom. The standard InChI is InChI=1S/C15H10ClNO3S/c16-21(18,19)17-13-10-15(11-6-2-1-3-7-11)20-14-9-5-4-8-12(13)14/h1-10H/b17-13+. The highest BCUT2D eigenvalue weighted by molar-refractivity contribution is 8.12. The van der Waals surface area contributed by atoms with Crippen LogP contribution in [0.2, 0.25) is 0 Å². The van der Waals surface area contributed by atoms with E-state index in [1.165, 1.54) is 0 Å². The van der Waals surface area contributed by atoms with Gasteiger partial charge in [0, 0.05) is 27.7 Å². The van der Waals surface area contributed by atoms with Crippen LogP contribution in [0.1, 0.15) is 0 Å². The molecule has 1 heterocycles. The summed E-state index contributed by atoms with van der Waals surface area (Å²) in [7, 11) is 1.23. The fourth-order valence-corrected chi connectivity index (χ4v) is 2.66. The van der Waals surface area contributed by atoms with Crippen LogP contribution in [0.25, 0.3) is 22.3 Å². The van der Waals surface area contributed by atoms with E-state index in [9.17, 15) is 8.42 Å². The lowest BCUT2D eigenvalue weighted by molar-refractivity contribution is 0.609. The van der Waals surface area contributed by atoms with Gasteiger partial charge in [0.1, 0.15) is 11.3 Å². The lowest BCUT2D eigenvalue weighted by Gasteiger charge is -2.04. The topological polar surface area (TPSA) is 59.6 Å². The van der Waals surface area contributed by atoms with E-state index in [2.05, 4.69) is 4.40 Å². The van der Waals surface area contributed by atoms with Gasteiger partial charge in [-0.3, -0.25) is 0 Å². The molecule has 0 fully saturated rings. The molecule has 0 N–H and O–H groups in total. The highest BCUT2D eigenvalue weighted by atomic mass is 35.7. The smallest absolute Gasteiger partial charge is 0.340 e. The Bertz CT molecular complexity index is 963. The molecule has 6 heteroatoms. The average molecular weight is 320 g/mol. The molecule has 3 aromatic rings. The minimum atomic E-state index is -4.01. The van der Waals surface area contributed by atoms with Crippen LogP contribution in [0.5, 0.6) is 0 Å². The zero-order valence-electron chi connectivity index (χ0n) is 10.7. The normalized spacial score (nSPS) is 12.7. The molecule has 0 saturated carbocycles. The lowest BCUT2D eigenvalue weighted by atomic mass is 10.1. The Balaban J connectivity index is 2.38. The molecule has 0 radical (unpaired) electrons. The predicted octanol–water partition coefficient (Wildman–Crippen LogP) is 3.48. The molecule has 0 aliphatic heterocycles. The van der Waals surface area contributed by atoms with Gasteiger partial charge in [-0.05, 0) is 12.1 Å². The summed E-state index contributed by atoms with van der Waals surface area (Å²) in [6.07, 6.45) is 0. The van der Waals surface area contributed by atoms with Crippen LogP contribution in [0.15, 0.2) is 69.5 Å². The van der Waals surface area contributed by atoms with E-state index in [4.69, 9.17) is 15.1 Å². The molecule has 0 aliphatic rings. The third-order valence-electron chi connectivity index (χ3n) is 2.92. The van der Waals surface area contributed by atoms with Gasteiger partial charge in [0.2, 0.25) is 0 Å². The molecular formula is C15H10ClNO3S. The maximum atomic E-state index is 11.3. The Hall–Kier alpha value is -2.11. The second-order valence-electron chi connectivity index (χ2n) is 4.36. The summed E-state index contributed by atoms with van der Waals surface area (Å²) in [5, 5.41) is 0.840. The summed E-state index contributed by atoms with van der Waals surface area (Å²) >= 11 is 0. The third-order valence-corrected chi connectivity index (χ3v) is 3.54. The third kappa shape index (κ3) is 3.15. The first kappa shape index (κ1) is 13.9. The van der Waals surface area contributed by atoms with Gasteiger partial charge in [-0.25, -0.2) is 0 Å². The summed E-state index contributed by atoms with van der Waals surface area (Å²) in [6, 6.07) is 18.0. The fourth-order valence-electron chi connectivity index (χ4n) is 2.05. The van der Waals surface area contributed by atoms with Crippen molar-refractivity contribution >= 4 is 30.9 Å². The number of hydrogen-bond donors (Lipinski definition) is 0. The second-order valence-corrected chi connectivity index (χ2v) is 6.54. The van der Waals surface area contributed by atoms with E-state index in [-0.39, 0.29) is 5.36 Å². The second kappa shape index (κ2) is 5.35. The summed E-state index contributed by atoms with van der Waals surface area (Å²) in [4.78, 5) is 0. The number of benzene rings is 2. The molecule has 0 amide bonds. The van der Waals surface area contributed by atoms with Crippen molar-refractivity contribution in [1.29, 1.82) is 0 Å². The van der Waals surface area contributed by atoms with Crippen molar-refractivity contribution in [3.8, 4) is 11.3 Å². The molecule has 0 aliphatic carbocycles. The number of para-hydroxylation sites is 1. The lowest BCUT2D eigenvalue weighted by Crippen LogP contribution is -2.06. The van der Waals surface area contributed by atoms with Gasteiger partial charge in [0.25, 0.3) is 0 Å². The summed E-state index contributed by atoms with van der Waals surface area (Å²) in [6.45, 7) is 0. The van der Waals surface area contributed by atoms with Gasteiger partial charge >= 0.3 is 9.24 Å². The summed E-state index contributed by atoms with van der Waals surface area (Å²) in [5.74, 6) is 0.522. The molecular weight excluding hydrogens is 310 g/mol. The minimum Gasteiger partial charge on any atom is -0.456 e. The largest absolute Gasteiger partial charge is 0.456 e. The Morgan fingerprint density at radius 2 is 1.62 bits per heavy atom. The first-order valence-corrected chi connectivity index (χ1v) is 8.38. The Morgan fingerprint density at radius 1 is 0.952 bits per heavy atom. The van der Waals surface area contributed by atoms with Gasteiger partial charge < -0.3 is 4.42 Å². The number of fused-ring (bicyclic) bond motifs is 1. The Kier molecular flexibility index (Phi) is 3.53. The van der Waals surface area contributed by atoms with Gasteiger partial charge in [-0.15, -0.1) is 4.40 Å². The zero-order valence-corrected chi connectivity index (χ0v) is 12.3. The van der Waals surface area contributed by atoms with E-state index in [1.54, 1.807) is 30.3 Å². The van der Waals surface area contributed by atoms with Crippen LogP contribution >= 0.6 is 10.7 Å². The average Bonchev–Trinajstić information content (AvgIpc) is 2.46. The first-order chi connectivity index (χ1) is 10.0. The van der Waals surface area contributed by atoms with Crippen molar-refractivity contribution < 1.29 is 12.8 Å². The monoisotopic (exact) mass is 319 g/mol. The highest BCUT2D eigenvalue weighted by Crippen LogP contribution is 2.21. The van der Waals surface area contributed by atoms with Crippen LogP contribution in [0.3, 0.4) is 0 Å². The molecule has 0 saturated heterocycles. The number of halogens is 1. The predicted molar refractivity (Wildman–Crippen MR) is 82.0 cm³/mol. The van der Waals surface area contributed by atoms with Crippen molar-refractivity contribution in [2.45, 2.75) is 0 Å². The van der Waals surface area contributed by atoms with Crippen molar-refractivity contribution in [2.24, 2.45) is 4.40 Å². The molecule has 21 heavy (non-hydrogen) atoms. The van der Waals surface area contributed by atoms with Crippen molar-refractivity contribution in [2.75, 3.05) is 0 Å². The van der Waals surface area contributed by atoms with E-state index < -0.39 is 9.24 Å². The van der Waals surface area contributed by atoms with E-state index in [0.717, 1.165) is 5.56 Å². The molecule has 0 unspecified atom stereocenters. The SMILES string of the molecule is O=S(=O)(Cl)/N=c1\cc(-c2ccccc2)oc2ccccc12. The highest BCUT2D eigenvalue weighted by Gasteiger charge is 2.07. The number of nitrogens with zero attached hydrogens (tertiary/aromatic N) is 1. The van der Waals surface area contributed by atoms with Gasteiger partial charge in [0.15, 0.2) is 0 Å². The zero-order chi connectivity index (χ0) is 14.9. The van der Waals surface area contributed by atoms with Crippen LogP contribution < -0.4 is 5.36 Å². The quantitative estimate of drug-likeness (QED) is 0.679. The summed E-state index contributed by atoms with van der Waals surface area (Å²) < 4.78 is 31.9. The van der Waals surface area contributed by atoms with Crippen molar-refractivity contribution in [1.82, 2.24) is 0 Å². The Labute approximate surface area is 125 Å².